The van der Waals surface area contributed by atoms with E-state index in [0.717, 1.165) is 30.5 Å². The lowest BCUT2D eigenvalue weighted by Crippen LogP contribution is -2.52. The summed E-state index contributed by atoms with van der Waals surface area (Å²) in [4.78, 5) is 14.8. The molecule has 2 aliphatic heterocycles. The number of ether oxygens (including phenoxy) is 1. The highest BCUT2D eigenvalue weighted by Crippen LogP contribution is 2.42. The van der Waals surface area contributed by atoms with Gasteiger partial charge in [-0.25, -0.2) is 0 Å². The van der Waals surface area contributed by atoms with Gasteiger partial charge >= 0.3 is 0 Å². The van der Waals surface area contributed by atoms with Crippen LogP contribution in [0.3, 0.4) is 0 Å². The second-order valence-electron chi connectivity index (χ2n) is 7.78. The first-order valence-corrected chi connectivity index (χ1v) is 9.22. The molecule has 2 atom stereocenters. The molecular weight excluding hydrogens is 306 g/mol. The molecule has 132 valence electrons. The number of piperidine rings is 1. The average Bonchev–Trinajstić information content (AvgIpc) is 2.89. The van der Waals surface area contributed by atoms with Crippen LogP contribution in [-0.4, -0.2) is 50.9 Å². The van der Waals surface area contributed by atoms with Gasteiger partial charge in [0.1, 0.15) is 0 Å². The number of aromatic nitrogens is 2. The van der Waals surface area contributed by atoms with Crippen molar-refractivity contribution in [1.29, 1.82) is 0 Å². The van der Waals surface area contributed by atoms with Gasteiger partial charge in [-0.1, -0.05) is 6.42 Å². The van der Waals surface area contributed by atoms with E-state index in [1.807, 2.05) is 18.7 Å². The first-order valence-electron chi connectivity index (χ1n) is 9.22. The summed E-state index contributed by atoms with van der Waals surface area (Å²) in [7, 11) is 0. The molecule has 1 aromatic rings. The average molecular weight is 333 g/mol. The van der Waals surface area contributed by atoms with E-state index in [4.69, 9.17) is 4.74 Å². The first kappa shape index (κ1) is 16.1. The largest absolute Gasteiger partial charge is 0.389 e. The molecule has 0 radical (unpaired) electrons. The fourth-order valence-electron chi connectivity index (χ4n) is 4.45. The molecule has 4 rings (SSSR count). The molecule has 24 heavy (non-hydrogen) atoms. The summed E-state index contributed by atoms with van der Waals surface area (Å²) < 4.78 is 5.79. The van der Waals surface area contributed by atoms with Gasteiger partial charge in [0.05, 0.1) is 23.5 Å². The van der Waals surface area contributed by atoms with Crippen LogP contribution in [0.2, 0.25) is 0 Å². The summed E-state index contributed by atoms with van der Waals surface area (Å²) >= 11 is 0. The predicted octanol–water partition coefficient (Wildman–Crippen LogP) is 2.20. The van der Waals surface area contributed by atoms with E-state index in [0.29, 0.717) is 37.5 Å². The molecule has 0 bridgehead atoms. The van der Waals surface area contributed by atoms with Gasteiger partial charge in [-0.05, 0) is 45.4 Å². The molecule has 1 amide bonds. The van der Waals surface area contributed by atoms with E-state index in [1.54, 1.807) is 0 Å². The van der Waals surface area contributed by atoms with Crippen molar-refractivity contribution in [3.05, 3.63) is 17.0 Å². The summed E-state index contributed by atoms with van der Waals surface area (Å²) in [6, 6.07) is 0. The van der Waals surface area contributed by atoms with Crippen LogP contribution in [0.1, 0.15) is 73.8 Å². The van der Waals surface area contributed by atoms with Crippen molar-refractivity contribution in [3.8, 4) is 0 Å². The molecule has 1 saturated heterocycles. The SMILES string of the molecule is C[C@@H]1Cc2c(C(=O)N3CCC(O)(C4CCC4)CC3)n[nH]c2[C@H](C)O1. The number of H-pyrrole nitrogens is 1. The number of aromatic amines is 1. The molecule has 1 aromatic heterocycles. The Morgan fingerprint density at radius 1 is 1.33 bits per heavy atom. The molecule has 3 aliphatic rings. The van der Waals surface area contributed by atoms with Crippen molar-refractivity contribution in [2.75, 3.05) is 13.1 Å². The van der Waals surface area contributed by atoms with E-state index in [1.165, 1.54) is 6.42 Å². The maximum atomic E-state index is 12.9. The molecule has 2 N–H and O–H groups in total. The number of nitrogens with zero attached hydrogens (tertiary/aromatic N) is 2. The number of nitrogens with one attached hydrogen (secondary N) is 1. The highest BCUT2D eigenvalue weighted by Gasteiger charge is 2.43. The van der Waals surface area contributed by atoms with Crippen LogP contribution < -0.4 is 0 Å². The van der Waals surface area contributed by atoms with Crippen LogP contribution in [-0.2, 0) is 11.2 Å². The number of hydrogen-bond acceptors (Lipinski definition) is 4. The number of likely N-dealkylation sites (tertiary alicyclic amines) is 1. The fourth-order valence-corrected chi connectivity index (χ4v) is 4.45. The Kier molecular flexibility index (Phi) is 3.92. The van der Waals surface area contributed by atoms with Gasteiger partial charge in [0.15, 0.2) is 5.69 Å². The molecule has 0 aromatic carbocycles. The number of carbonyl (C=O) groups is 1. The first-order chi connectivity index (χ1) is 11.5. The van der Waals surface area contributed by atoms with Gasteiger partial charge in [-0.3, -0.25) is 9.89 Å². The normalized spacial score (nSPS) is 29.9. The zero-order chi connectivity index (χ0) is 16.9. The van der Waals surface area contributed by atoms with Gasteiger partial charge in [-0.2, -0.15) is 5.10 Å². The van der Waals surface area contributed by atoms with Gasteiger partial charge in [0, 0.05) is 25.1 Å². The molecule has 6 heteroatoms. The van der Waals surface area contributed by atoms with Gasteiger partial charge in [0.25, 0.3) is 5.91 Å². The Balaban J connectivity index is 1.48. The molecular formula is C18H27N3O3. The van der Waals surface area contributed by atoms with Gasteiger partial charge in [-0.15, -0.1) is 0 Å². The number of carbonyl (C=O) groups excluding carboxylic acids is 1. The number of fused-ring (bicyclic) bond motifs is 1. The lowest BCUT2D eigenvalue weighted by molar-refractivity contribution is -0.0862. The Bertz CT molecular complexity index is 629. The number of rotatable bonds is 2. The Morgan fingerprint density at radius 2 is 2.04 bits per heavy atom. The molecule has 3 heterocycles. The highest BCUT2D eigenvalue weighted by molar-refractivity contribution is 5.94. The summed E-state index contributed by atoms with van der Waals surface area (Å²) in [5.41, 5.74) is 1.92. The van der Waals surface area contributed by atoms with E-state index < -0.39 is 5.60 Å². The Hall–Kier alpha value is -1.40. The number of aliphatic hydroxyl groups is 1. The van der Waals surface area contributed by atoms with Crippen LogP contribution in [0.15, 0.2) is 0 Å². The molecule has 1 aliphatic carbocycles. The summed E-state index contributed by atoms with van der Waals surface area (Å²) in [6.45, 7) is 5.25. The van der Waals surface area contributed by atoms with Crippen LogP contribution in [0.25, 0.3) is 0 Å². The summed E-state index contributed by atoms with van der Waals surface area (Å²) in [6.07, 6.45) is 5.63. The smallest absolute Gasteiger partial charge is 0.274 e. The highest BCUT2D eigenvalue weighted by atomic mass is 16.5. The van der Waals surface area contributed by atoms with Crippen LogP contribution >= 0.6 is 0 Å². The van der Waals surface area contributed by atoms with Crippen molar-refractivity contribution in [2.24, 2.45) is 5.92 Å². The monoisotopic (exact) mass is 333 g/mol. The van der Waals surface area contributed by atoms with Crippen LogP contribution in [0.4, 0.5) is 0 Å². The third-order valence-corrected chi connectivity index (χ3v) is 6.22. The minimum Gasteiger partial charge on any atom is -0.389 e. The zero-order valence-electron chi connectivity index (χ0n) is 14.5. The fraction of sp³-hybridized carbons (Fsp3) is 0.778. The maximum absolute atomic E-state index is 12.9. The molecule has 6 nitrogen and oxygen atoms in total. The number of amides is 1. The van der Waals surface area contributed by atoms with Crippen molar-refractivity contribution in [2.45, 2.75) is 70.2 Å². The van der Waals surface area contributed by atoms with Crippen molar-refractivity contribution in [1.82, 2.24) is 15.1 Å². The minimum absolute atomic E-state index is 0.00976. The van der Waals surface area contributed by atoms with Gasteiger partial charge in [0.2, 0.25) is 0 Å². The van der Waals surface area contributed by atoms with Crippen LogP contribution in [0, 0.1) is 5.92 Å². The van der Waals surface area contributed by atoms with Crippen LogP contribution in [0.5, 0.6) is 0 Å². The Labute approximate surface area is 142 Å². The standard InChI is InChI=1S/C18H27N3O3/c1-11-10-14-15(12(2)24-11)19-20-16(14)17(22)21-8-6-18(23,7-9-21)13-4-3-5-13/h11-13,23H,3-10H2,1-2H3,(H,19,20)/t11-,12+/m1/s1. The molecule has 1 saturated carbocycles. The maximum Gasteiger partial charge on any atom is 0.274 e. The molecule has 0 spiro atoms. The van der Waals surface area contributed by atoms with Crippen molar-refractivity contribution >= 4 is 5.91 Å². The lowest BCUT2D eigenvalue weighted by Gasteiger charge is -2.46. The topological polar surface area (TPSA) is 78.5 Å². The van der Waals surface area contributed by atoms with E-state index in [9.17, 15) is 9.90 Å². The summed E-state index contributed by atoms with van der Waals surface area (Å²) in [5.74, 6) is 0.427. The zero-order valence-corrected chi connectivity index (χ0v) is 14.5. The van der Waals surface area contributed by atoms with E-state index >= 15 is 0 Å². The predicted molar refractivity (Wildman–Crippen MR) is 88.7 cm³/mol. The van der Waals surface area contributed by atoms with E-state index in [-0.39, 0.29) is 18.1 Å². The Morgan fingerprint density at radius 3 is 2.67 bits per heavy atom. The molecule has 0 unspecified atom stereocenters. The summed E-state index contributed by atoms with van der Waals surface area (Å²) in [5, 5.41) is 18.1. The quantitative estimate of drug-likeness (QED) is 0.870. The lowest BCUT2D eigenvalue weighted by atomic mass is 9.69. The minimum atomic E-state index is -0.559. The van der Waals surface area contributed by atoms with Gasteiger partial charge < -0.3 is 14.7 Å². The third-order valence-electron chi connectivity index (χ3n) is 6.22. The van der Waals surface area contributed by atoms with Crippen molar-refractivity contribution < 1.29 is 14.6 Å². The molecule has 2 fully saturated rings. The second kappa shape index (κ2) is 5.85. The van der Waals surface area contributed by atoms with E-state index in [2.05, 4.69) is 10.2 Å². The van der Waals surface area contributed by atoms with Crippen molar-refractivity contribution in [3.63, 3.8) is 0 Å². The second-order valence-corrected chi connectivity index (χ2v) is 7.78. The third kappa shape index (κ3) is 2.56. The number of hydrogen-bond donors (Lipinski definition) is 2.